The molecule has 2 nitrogen and oxygen atoms in total. The topological polar surface area (TPSA) is 27.0 Å². The number of hydrogen-bond acceptors (Lipinski definition) is 2. The fraction of sp³-hybridized carbons (Fsp3) is 0.727. The van der Waals surface area contributed by atoms with E-state index in [0.717, 1.165) is 13.1 Å². The van der Waals surface area contributed by atoms with Crippen LogP contribution in [0, 0.1) is 11.3 Å². The number of rotatable bonds is 5. The Morgan fingerprint density at radius 2 is 2.08 bits per heavy atom. The van der Waals surface area contributed by atoms with Crippen molar-refractivity contribution in [1.82, 2.24) is 4.90 Å². The normalized spacial score (nSPS) is 10.2. The third kappa shape index (κ3) is 6.36. The van der Waals surface area contributed by atoms with Crippen molar-refractivity contribution in [1.29, 1.82) is 5.26 Å². The second-order valence-corrected chi connectivity index (χ2v) is 3.78. The minimum absolute atomic E-state index is 0.518. The first kappa shape index (κ1) is 12.2. The summed E-state index contributed by atoms with van der Waals surface area (Å²) in [6.45, 7) is 10.4. The number of nitriles is 1. The lowest BCUT2D eigenvalue weighted by Gasteiger charge is -2.23. The van der Waals surface area contributed by atoms with Crippen LogP contribution in [-0.4, -0.2) is 24.0 Å². The van der Waals surface area contributed by atoms with Crippen molar-refractivity contribution >= 4 is 0 Å². The minimum atomic E-state index is 0.518. The van der Waals surface area contributed by atoms with Crippen molar-refractivity contribution in [2.45, 2.75) is 40.2 Å². The van der Waals surface area contributed by atoms with Gasteiger partial charge in [-0.3, -0.25) is 4.90 Å². The third-order valence-corrected chi connectivity index (χ3v) is 1.98. The molecular formula is C11H20N2. The van der Waals surface area contributed by atoms with E-state index in [-0.39, 0.29) is 0 Å². The Labute approximate surface area is 81.9 Å². The van der Waals surface area contributed by atoms with Gasteiger partial charge >= 0.3 is 0 Å². The van der Waals surface area contributed by atoms with Gasteiger partial charge in [0.2, 0.25) is 0 Å². The van der Waals surface area contributed by atoms with Crippen molar-refractivity contribution in [3.8, 4) is 6.07 Å². The quantitative estimate of drug-likeness (QED) is 0.608. The highest BCUT2D eigenvalue weighted by Crippen LogP contribution is 2.01. The average molecular weight is 180 g/mol. The Morgan fingerprint density at radius 1 is 1.46 bits per heavy atom. The summed E-state index contributed by atoms with van der Waals surface area (Å²) in [5, 5.41) is 8.48. The van der Waals surface area contributed by atoms with Gasteiger partial charge in [-0.15, -0.1) is 0 Å². The standard InChI is InChI=1S/C11H20N2/c1-10(2)6-9-13(11(3)4)8-5-7-12/h6,11H,5,8-9H2,1-4H3. The average Bonchev–Trinajstić information content (AvgIpc) is 2.03. The van der Waals surface area contributed by atoms with E-state index >= 15 is 0 Å². The molecule has 0 radical (unpaired) electrons. The molecular weight excluding hydrogens is 160 g/mol. The molecule has 0 fully saturated rings. The minimum Gasteiger partial charge on any atom is -0.296 e. The maximum absolute atomic E-state index is 8.48. The summed E-state index contributed by atoms with van der Waals surface area (Å²) in [7, 11) is 0. The summed E-state index contributed by atoms with van der Waals surface area (Å²) in [5.41, 5.74) is 1.34. The van der Waals surface area contributed by atoms with Crippen molar-refractivity contribution in [2.75, 3.05) is 13.1 Å². The van der Waals surface area contributed by atoms with Crippen LogP contribution in [0.3, 0.4) is 0 Å². The molecule has 0 aliphatic heterocycles. The first-order chi connectivity index (χ1) is 6.07. The van der Waals surface area contributed by atoms with Gasteiger partial charge in [0.15, 0.2) is 0 Å². The highest BCUT2D eigenvalue weighted by molar-refractivity contribution is 4.95. The van der Waals surface area contributed by atoms with Gasteiger partial charge in [-0.2, -0.15) is 5.26 Å². The fourth-order valence-corrected chi connectivity index (χ4v) is 1.05. The van der Waals surface area contributed by atoms with Crippen LogP contribution in [-0.2, 0) is 0 Å². The van der Waals surface area contributed by atoms with E-state index in [1.807, 2.05) is 0 Å². The van der Waals surface area contributed by atoms with Crippen molar-refractivity contribution in [3.63, 3.8) is 0 Å². The smallest absolute Gasteiger partial charge is 0.0635 e. The Bertz CT molecular complexity index is 195. The van der Waals surface area contributed by atoms with Crippen LogP contribution in [0.5, 0.6) is 0 Å². The zero-order valence-electron chi connectivity index (χ0n) is 9.17. The monoisotopic (exact) mass is 180 g/mol. The van der Waals surface area contributed by atoms with Crippen LogP contribution in [0.2, 0.25) is 0 Å². The highest BCUT2D eigenvalue weighted by Gasteiger charge is 2.06. The van der Waals surface area contributed by atoms with Gasteiger partial charge in [-0.1, -0.05) is 11.6 Å². The molecule has 0 N–H and O–H groups in total. The van der Waals surface area contributed by atoms with E-state index < -0.39 is 0 Å². The highest BCUT2D eigenvalue weighted by atomic mass is 15.1. The van der Waals surface area contributed by atoms with Gasteiger partial charge in [-0.25, -0.2) is 0 Å². The summed E-state index contributed by atoms with van der Waals surface area (Å²) in [6.07, 6.45) is 2.83. The predicted octanol–water partition coefficient (Wildman–Crippen LogP) is 2.58. The summed E-state index contributed by atoms with van der Waals surface area (Å²) in [6, 6.07) is 2.70. The van der Waals surface area contributed by atoms with Crippen LogP contribution in [0.15, 0.2) is 11.6 Å². The number of hydrogen-bond donors (Lipinski definition) is 0. The zero-order valence-corrected chi connectivity index (χ0v) is 9.17. The molecule has 13 heavy (non-hydrogen) atoms. The third-order valence-electron chi connectivity index (χ3n) is 1.98. The second-order valence-electron chi connectivity index (χ2n) is 3.78. The molecule has 0 aromatic carbocycles. The van der Waals surface area contributed by atoms with Crippen LogP contribution in [0.4, 0.5) is 0 Å². The number of allylic oxidation sites excluding steroid dienone is 1. The molecule has 0 spiro atoms. The zero-order chi connectivity index (χ0) is 10.3. The molecule has 0 unspecified atom stereocenters. The Kier molecular flexibility index (Phi) is 6.26. The van der Waals surface area contributed by atoms with Crippen LogP contribution >= 0.6 is 0 Å². The molecule has 2 heteroatoms. The lowest BCUT2D eigenvalue weighted by atomic mass is 10.2. The Balaban J connectivity index is 3.96. The van der Waals surface area contributed by atoms with Crippen LogP contribution in [0.1, 0.15) is 34.1 Å². The summed E-state index contributed by atoms with van der Waals surface area (Å²) >= 11 is 0. The molecule has 0 heterocycles. The van der Waals surface area contributed by atoms with E-state index in [9.17, 15) is 0 Å². The number of nitrogens with zero attached hydrogens (tertiary/aromatic N) is 2. The summed E-state index contributed by atoms with van der Waals surface area (Å²) in [4.78, 5) is 2.30. The summed E-state index contributed by atoms with van der Waals surface area (Å²) in [5.74, 6) is 0. The maximum Gasteiger partial charge on any atom is 0.0635 e. The second kappa shape index (κ2) is 6.68. The first-order valence-corrected chi connectivity index (χ1v) is 4.82. The molecule has 0 saturated carbocycles. The van der Waals surface area contributed by atoms with Gasteiger partial charge in [-0.05, 0) is 27.7 Å². The lowest BCUT2D eigenvalue weighted by molar-refractivity contribution is 0.251. The molecule has 0 aliphatic rings. The van der Waals surface area contributed by atoms with Gasteiger partial charge in [0.1, 0.15) is 0 Å². The largest absolute Gasteiger partial charge is 0.296 e. The van der Waals surface area contributed by atoms with Gasteiger partial charge in [0.05, 0.1) is 6.07 Å². The van der Waals surface area contributed by atoms with E-state index in [0.29, 0.717) is 12.5 Å². The molecule has 0 aromatic heterocycles. The molecule has 0 atom stereocenters. The molecule has 0 rings (SSSR count). The first-order valence-electron chi connectivity index (χ1n) is 4.82. The molecule has 0 saturated heterocycles. The predicted molar refractivity (Wildman–Crippen MR) is 56.4 cm³/mol. The van der Waals surface area contributed by atoms with Crippen molar-refractivity contribution in [2.24, 2.45) is 0 Å². The van der Waals surface area contributed by atoms with E-state index in [2.05, 4.69) is 44.7 Å². The van der Waals surface area contributed by atoms with E-state index in [1.54, 1.807) is 0 Å². The van der Waals surface area contributed by atoms with Gasteiger partial charge in [0, 0.05) is 25.6 Å². The molecule has 0 amide bonds. The molecule has 0 aliphatic carbocycles. The maximum atomic E-state index is 8.48. The molecule has 74 valence electrons. The van der Waals surface area contributed by atoms with E-state index in [1.165, 1.54) is 5.57 Å². The lowest BCUT2D eigenvalue weighted by Crippen LogP contribution is -2.31. The SMILES string of the molecule is CC(C)=CCN(CCC#N)C(C)C. The molecule has 0 bridgehead atoms. The molecule has 0 aromatic rings. The summed E-state index contributed by atoms with van der Waals surface area (Å²) < 4.78 is 0. The Hall–Kier alpha value is -0.810. The fourth-order valence-electron chi connectivity index (χ4n) is 1.05. The van der Waals surface area contributed by atoms with Gasteiger partial charge < -0.3 is 0 Å². The van der Waals surface area contributed by atoms with Crippen molar-refractivity contribution in [3.05, 3.63) is 11.6 Å². The van der Waals surface area contributed by atoms with Crippen LogP contribution in [0.25, 0.3) is 0 Å². The Morgan fingerprint density at radius 3 is 2.46 bits per heavy atom. The van der Waals surface area contributed by atoms with Crippen molar-refractivity contribution < 1.29 is 0 Å². The van der Waals surface area contributed by atoms with Gasteiger partial charge in [0.25, 0.3) is 0 Å². The van der Waals surface area contributed by atoms with E-state index in [4.69, 9.17) is 5.26 Å². The van der Waals surface area contributed by atoms with Crippen LogP contribution < -0.4 is 0 Å².